The molecule has 6 nitrogen and oxygen atoms in total. The molecule has 0 unspecified atom stereocenters. The van der Waals surface area contributed by atoms with Gasteiger partial charge in [-0.25, -0.2) is 0 Å². The molecule has 0 radical (unpaired) electrons. The van der Waals surface area contributed by atoms with Crippen LogP contribution in [0, 0.1) is 17.6 Å². The van der Waals surface area contributed by atoms with Crippen LogP contribution in [0.3, 0.4) is 0 Å². The number of carbonyl (C=O) groups excluding carboxylic acids is 1. The normalized spacial score (nSPS) is 20.1. The Hall–Kier alpha value is -1.99. The number of hydrogen-bond acceptors (Lipinski definition) is 4. The highest BCUT2D eigenvalue weighted by molar-refractivity contribution is 7.71. The van der Waals surface area contributed by atoms with Gasteiger partial charge < -0.3 is 14.2 Å². The van der Waals surface area contributed by atoms with Crippen LogP contribution in [0.25, 0.3) is 11.4 Å². The van der Waals surface area contributed by atoms with Gasteiger partial charge in [0.1, 0.15) is 0 Å². The molecule has 140 valence electrons. The molecular formula is C19H27N4O2S+. The number of nitrogens with zero attached hydrogens (tertiary/aromatic N) is 3. The minimum Gasteiger partial charge on any atom is -0.466 e. The van der Waals surface area contributed by atoms with Gasteiger partial charge in [-0.2, -0.15) is 4.68 Å². The summed E-state index contributed by atoms with van der Waals surface area (Å²) >= 11 is 5.60. The molecule has 1 aliphatic heterocycles. The van der Waals surface area contributed by atoms with Gasteiger partial charge in [0.25, 0.3) is 0 Å². The molecule has 0 saturated carbocycles. The van der Waals surface area contributed by atoms with Crippen molar-refractivity contribution in [3.63, 3.8) is 0 Å². The van der Waals surface area contributed by atoms with Crippen LogP contribution in [0.15, 0.2) is 24.3 Å². The Morgan fingerprint density at radius 2 is 2.04 bits per heavy atom. The smallest absolute Gasteiger partial charge is 0.309 e. The Morgan fingerprint density at radius 1 is 1.35 bits per heavy atom. The van der Waals surface area contributed by atoms with E-state index in [-0.39, 0.29) is 11.9 Å². The number of ether oxygens (including phenoxy) is 1. The number of quaternary nitrogens is 1. The first-order chi connectivity index (χ1) is 12.5. The van der Waals surface area contributed by atoms with Crippen molar-refractivity contribution < 1.29 is 14.4 Å². The third-order valence-electron chi connectivity index (χ3n) is 5.11. The molecule has 1 aromatic heterocycles. The molecule has 26 heavy (non-hydrogen) atoms. The lowest BCUT2D eigenvalue weighted by molar-refractivity contribution is -0.929. The van der Waals surface area contributed by atoms with E-state index in [0.717, 1.165) is 48.8 Å². The molecule has 1 fully saturated rings. The van der Waals surface area contributed by atoms with Gasteiger partial charge >= 0.3 is 5.97 Å². The fraction of sp³-hybridized carbons (Fsp3) is 0.526. The summed E-state index contributed by atoms with van der Waals surface area (Å²) in [5, 5.41) is 4.78. The van der Waals surface area contributed by atoms with E-state index in [2.05, 4.69) is 19.1 Å². The summed E-state index contributed by atoms with van der Waals surface area (Å²) in [7, 11) is 1.97. The van der Waals surface area contributed by atoms with E-state index < -0.39 is 0 Å². The van der Waals surface area contributed by atoms with E-state index >= 15 is 0 Å². The molecule has 1 N–H and O–H groups in total. The molecule has 2 aromatic rings. The molecule has 7 heteroatoms. The molecular weight excluding hydrogens is 348 g/mol. The molecule has 1 aliphatic rings. The first kappa shape index (κ1) is 18.8. The van der Waals surface area contributed by atoms with Crippen molar-refractivity contribution in [2.45, 2.75) is 33.4 Å². The monoisotopic (exact) mass is 375 g/mol. The number of carbonyl (C=O) groups is 1. The zero-order valence-corrected chi connectivity index (χ0v) is 16.5. The molecule has 3 rings (SSSR count). The van der Waals surface area contributed by atoms with Crippen LogP contribution in [-0.2, 0) is 23.2 Å². The van der Waals surface area contributed by atoms with Crippen LogP contribution in [0.5, 0.6) is 0 Å². The SMILES string of the molecule is CCOC(=O)C1CC[NH+](Cn2nc(-c3ccccc3C)n(C)c2=S)CC1. The number of rotatable bonds is 5. The van der Waals surface area contributed by atoms with Crippen LogP contribution in [0.1, 0.15) is 25.3 Å². The molecule has 0 amide bonds. The van der Waals surface area contributed by atoms with Crippen LogP contribution >= 0.6 is 12.2 Å². The maximum Gasteiger partial charge on any atom is 0.309 e. The van der Waals surface area contributed by atoms with E-state index in [4.69, 9.17) is 22.1 Å². The second kappa shape index (κ2) is 8.14. The average molecular weight is 376 g/mol. The van der Waals surface area contributed by atoms with E-state index in [0.29, 0.717) is 6.61 Å². The maximum atomic E-state index is 11.9. The third-order valence-corrected chi connectivity index (χ3v) is 5.60. The van der Waals surface area contributed by atoms with Crippen molar-refractivity contribution >= 4 is 18.2 Å². The van der Waals surface area contributed by atoms with Crippen molar-refractivity contribution in [1.29, 1.82) is 0 Å². The molecule has 0 aliphatic carbocycles. The van der Waals surface area contributed by atoms with Gasteiger partial charge in [0.2, 0.25) is 4.77 Å². The number of nitrogens with one attached hydrogen (secondary N) is 1. The van der Waals surface area contributed by atoms with Crippen LogP contribution in [0.4, 0.5) is 0 Å². The Bertz CT molecular complexity index is 834. The van der Waals surface area contributed by atoms with Crippen molar-refractivity contribution in [3.8, 4) is 11.4 Å². The summed E-state index contributed by atoms with van der Waals surface area (Å²) in [5.74, 6) is 0.884. The highest BCUT2D eigenvalue weighted by Crippen LogP contribution is 2.21. The number of likely N-dealkylation sites (tertiary alicyclic amines) is 1. The zero-order valence-electron chi connectivity index (χ0n) is 15.7. The van der Waals surface area contributed by atoms with Gasteiger partial charge in [0.05, 0.1) is 25.6 Å². The summed E-state index contributed by atoms with van der Waals surface area (Å²) in [5.41, 5.74) is 2.29. The van der Waals surface area contributed by atoms with Gasteiger partial charge in [-0.1, -0.05) is 24.3 Å². The number of benzene rings is 1. The molecule has 2 heterocycles. The number of aryl methyl sites for hydroxylation is 1. The molecule has 1 aromatic carbocycles. The van der Waals surface area contributed by atoms with Crippen LogP contribution < -0.4 is 4.90 Å². The second-order valence-corrected chi connectivity index (χ2v) is 7.28. The van der Waals surface area contributed by atoms with Crippen molar-refractivity contribution in [3.05, 3.63) is 34.6 Å². The number of hydrogen-bond donors (Lipinski definition) is 1. The van der Waals surface area contributed by atoms with Gasteiger partial charge in [0, 0.05) is 25.5 Å². The summed E-state index contributed by atoms with van der Waals surface area (Å²) < 4.78 is 9.76. The van der Waals surface area contributed by atoms with Crippen LogP contribution in [0.2, 0.25) is 0 Å². The van der Waals surface area contributed by atoms with E-state index in [1.807, 2.05) is 35.4 Å². The predicted octanol–water partition coefficient (Wildman–Crippen LogP) is 1.74. The summed E-state index contributed by atoms with van der Waals surface area (Å²) in [6, 6.07) is 8.22. The summed E-state index contributed by atoms with van der Waals surface area (Å²) in [6.07, 6.45) is 1.72. The molecule has 0 spiro atoms. The lowest BCUT2D eigenvalue weighted by Gasteiger charge is -2.27. The Morgan fingerprint density at radius 3 is 2.69 bits per heavy atom. The lowest BCUT2D eigenvalue weighted by Crippen LogP contribution is -3.12. The quantitative estimate of drug-likeness (QED) is 0.639. The van der Waals surface area contributed by atoms with Gasteiger partial charge in [-0.05, 0) is 31.6 Å². The Balaban J connectivity index is 1.70. The van der Waals surface area contributed by atoms with E-state index in [9.17, 15) is 4.79 Å². The average Bonchev–Trinajstić information content (AvgIpc) is 2.91. The Labute approximate surface area is 159 Å². The van der Waals surface area contributed by atoms with Crippen molar-refractivity contribution in [2.24, 2.45) is 13.0 Å². The van der Waals surface area contributed by atoms with Gasteiger partial charge in [0.15, 0.2) is 12.5 Å². The minimum atomic E-state index is -0.0529. The maximum absolute atomic E-state index is 11.9. The number of esters is 1. The van der Waals surface area contributed by atoms with E-state index in [1.54, 1.807) is 0 Å². The summed E-state index contributed by atoms with van der Waals surface area (Å²) in [4.78, 5) is 13.3. The standard InChI is InChI=1S/C19H26N4O2S/c1-4-25-18(24)15-9-11-22(12-10-15)13-23-19(26)21(3)17(20-23)16-8-6-5-7-14(16)2/h5-8,15H,4,9-13H2,1-3H3/p+1. The number of aromatic nitrogens is 3. The minimum absolute atomic E-state index is 0.0398. The third kappa shape index (κ3) is 3.88. The predicted molar refractivity (Wildman–Crippen MR) is 102 cm³/mol. The fourth-order valence-electron chi connectivity index (χ4n) is 3.54. The largest absolute Gasteiger partial charge is 0.466 e. The van der Waals surface area contributed by atoms with Gasteiger partial charge in [-0.15, -0.1) is 5.10 Å². The first-order valence-electron chi connectivity index (χ1n) is 9.21. The second-order valence-electron chi connectivity index (χ2n) is 6.91. The van der Waals surface area contributed by atoms with Crippen molar-refractivity contribution in [1.82, 2.24) is 14.3 Å². The lowest BCUT2D eigenvalue weighted by atomic mass is 9.97. The van der Waals surface area contributed by atoms with Crippen LogP contribution in [-0.4, -0.2) is 40.0 Å². The molecule has 1 saturated heterocycles. The van der Waals surface area contributed by atoms with Gasteiger partial charge in [-0.3, -0.25) is 4.79 Å². The zero-order chi connectivity index (χ0) is 18.7. The topological polar surface area (TPSA) is 53.5 Å². The highest BCUT2D eigenvalue weighted by atomic mass is 32.1. The summed E-state index contributed by atoms with van der Waals surface area (Å²) in [6.45, 7) is 6.99. The molecule has 0 atom stereocenters. The number of piperidine rings is 1. The highest BCUT2D eigenvalue weighted by Gasteiger charge is 2.29. The van der Waals surface area contributed by atoms with Crippen molar-refractivity contribution in [2.75, 3.05) is 19.7 Å². The fourth-order valence-corrected chi connectivity index (χ4v) is 3.73. The molecule has 0 bridgehead atoms. The van der Waals surface area contributed by atoms with E-state index in [1.165, 1.54) is 10.5 Å². The first-order valence-corrected chi connectivity index (χ1v) is 9.62. The Kier molecular flexibility index (Phi) is 5.88.